The Balaban J connectivity index is 1.05. The normalized spacial score (nSPS) is 18.8. The van der Waals surface area contributed by atoms with Gasteiger partial charge in [-0.15, -0.1) is 0 Å². The van der Waals surface area contributed by atoms with Crippen LogP contribution >= 0.6 is 11.6 Å². The molecule has 1 aliphatic carbocycles. The van der Waals surface area contributed by atoms with E-state index in [0.717, 1.165) is 75.2 Å². The monoisotopic (exact) mass is 735 g/mol. The van der Waals surface area contributed by atoms with E-state index >= 15 is 0 Å². The molecule has 2 fully saturated rings. The summed E-state index contributed by atoms with van der Waals surface area (Å²) in [7, 11) is -4.37. The van der Waals surface area contributed by atoms with Crippen LogP contribution in [-0.4, -0.2) is 76.6 Å². The molecule has 3 aliphatic rings. The number of piperazine rings is 1. The van der Waals surface area contributed by atoms with Gasteiger partial charge in [-0.05, 0) is 103 Å². The van der Waals surface area contributed by atoms with Gasteiger partial charge in [0.25, 0.3) is 21.6 Å². The number of nitro benzene ring substituents is 1. The fourth-order valence-corrected chi connectivity index (χ4v) is 8.27. The minimum absolute atomic E-state index is 0.173. The van der Waals surface area contributed by atoms with Gasteiger partial charge in [-0.2, -0.15) is 0 Å². The third-order valence-electron chi connectivity index (χ3n) is 10.3. The summed E-state index contributed by atoms with van der Waals surface area (Å²) in [5.74, 6) is -0.500. The largest absolute Gasteiger partial charge is 0.381 e. The molecular weight excluding hydrogens is 690 g/mol. The fraction of sp³-hybridized carbons (Fsp3) is 0.447. The first-order chi connectivity index (χ1) is 24.4. The lowest BCUT2D eigenvalue weighted by atomic mass is 9.72. The van der Waals surface area contributed by atoms with Crippen molar-refractivity contribution in [3.05, 3.63) is 98.6 Å². The molecule has 0 aromatic heterocycles. The number of nitrogens with zero attached hydrogens (tertiary/aromatic N) is 3. The van der Waals surface area contributed by atoms with Gasteiger partial charge < -0.3 is 15.0 Å². The topological polar surface area (TPSA) is 134 Å². The van der Waals surface area contributed by atoms with Crippen molar-refractivity contribution in [3.63, 3.8) is 0 Å². The first kappa shape index (κ1) is 36.8. The predicted octanol–water partition coefficient (Wildman–Crippen LogP) is 6.99. The van der Waals surface area contributed by atoms with Crippen LogP contribution in [-0.2, 0) is 14.8 Å². The van der Waals surface area contributed by atoms with Gasteiger partial charge >= 0.3 is 0 Å². The number of amides is 1. The predicted molar refractivity (Wildman–Crippen MR) is 201 cm³/mol. The maximum Gasteiger partial charge on any atom is 0.293 e. The fourth-order valence-electron chi connectivity index (χ4n) is 7.15. The van der Waals surface area contributed by atoms with E-state index in [1.54, 1.807) is 12.1 Å². The maximum absolute atomic E-state index is 13.1. The number of halogens is 1. The van der Waals surface area contributed by atoms with E-state index in [1.165, 1.54) is 35.3 Å². The van der Waals surface area contributed by atoms with Crippen LogP contribution in [0.2, 0.25) is 5.02 Å². The summed E-state index contributed by atoms with van der Waals surface area (Å²) in [4.78, 5) is 28.6. The number of anilines is 2. The van der Waals surface area contributed by atoms with E-state index in [0.29, 0.717) is 25.7 Å². The van der Waals surface area contributed by atoms with E-state index < -0.39 is 20.9 Å². The third-order valence-corrected chi connectivity index (χ3v) is 11.9. The molecule has 0 unspecified atom stereocenters. The van der Waals surface area contributed by atoms with Gasteiger partial charge in [-0.1, -0.05) is 43.2 Å². The van der Waals surface area contributed by atoms with Crippen molar-refractivity contribution in [2.45, 2.75) is 50.8 Å². The molecule has 6 rings (SSSR count). The second-order valence-corrected chi connectivity index (χ2v) is 16.7. The highest BCUT2D eigenvalue weighted by Crippen LogP contribution is 2.43. The molecule has 2 saturated heterocycles. The Labute approximate surface area is 305 Å². The van der Waals surface area contributed by atoms with Crippen molar-refractivity contribution in [1.29, 1.82) is 0 Å². The second kappa shape index (κ2) is 15.7. The first-order valence-corrected chi connectivity index (χ1v) is 19.4. The molecule has 11 nitrogen and oxygen atoms in total. The van der Waals surface area contributed by atoms with Crippen molar-refractivity contribution >= 4 is 50.2 Å². The Kier molecular flexibility index (Phi) is 11.4. The van der Waals surface area contributed by atoms with Crippen LogP contribution in [0.3, 0.4) is 0 Å². The highest BCUT2D eigenvalue weighted by atomic mass is 35.5. The zero-order valence-electron chi connectivity index (χ0n) is 29.2. The number of sulfonamides is 1. The Hall–Kier alpha value is -3.97. The number of hydrogen-bond acceptors (Lipinski definition) is 9. The number of ether oxygens (including phenoxy) is 1. The van der Waals surface area contributed by atoms with Gasteiger partial charge in [0.1, 0.15) is 5.69 Å². The molecule has 0 radical (unpaired) electrons. The van der Waals surface area contributed by atoms with Crippen LogP contribution in [0.15, 0.2) is 77.2 Å². The lowest BCUT2D eigenvalue weighted by molar-refractivity contribution is -0.384. The van der Waals surface area contributed by atoms with Crippen molar-refractivity contribution in [1.82, 2.24) is 9.62 Å². The number of allylic oxidation sites excluding steroid dienone is 1. The molecule has 0 spiro atoms. The number of carbonyl (C=O) groups excluding carboxylic acids is 1. The molecule has 1 amide bonds. The molecular formula is C38H46ClN5O6S. The van der Waals surface area contributed by atoms with Crippen LogP contribution < -0.4 is 14.9 Å². The Bertz CT molecular complexity index is 1870. The third kappa shape index (κ3) is 9.29. The van der Waals surface area contributed by atoms with Crippen LogP contribution in [0.1, 0.15) is 61.9 Å². The molecule has 3 aromatic carbocycles. The molecule has 13 heteroatoms. The molecule has 2 heterocycles. The second-order valence-electron chi connectivity index (χ2n) is 14.5. The molecule has 0 atom stereocenters. The van der Waals surface area contributed by atoms with E-state index in [-0.39, 0.29) is 27.2 Å². The zero-order chi connectivity index (χ0) is 36.2. The van der Waals surface area contributed by atoms with Gasteiger partial charge in [0.2, 0.25) is 0 Å². The first-order valence-electron chi connectivity index (χ1n) is 17.6. The zero-order valence-corrected chi connectivity index (χ0v) is 30.8. The van der Waals surface area contributed by atoms with Crippen molar-refractivity contribution in [2.24, 2.45) is 11.3 Å². The van der Waals surface area contributed by atoms with Crippen molar-refractivity contribution < 1.29 is 22.9 Å². The average molecular weight is 736 g/mol. The summed E-state index contributed by atoms with van der Waals surface area (Å²) in [5, 5.41) is 15.6. The number of carbonyl (C=O) groups is 1. The van der Waals surface area contributed by atoms with Gasteiger partial charge in [-0.25, -0.2) is 13.1 Å². The Morgan fingerprint density at radius 3 is 2.35 bits per heavy atom. The number of benzene rings is 3. The highest BCUT2D eigenvalue weighted by Gasteiger charge is 2.30. The van der Waals surface area contributed by atoms with Gasteiger partial charge in [-0.3, -0.25) is 19.8 Å². The standard InChI is InChI=1S/C38H46ClN5O6S/c1-38(2)16-13-30(34(24-38)28-3-7-31(39)8-4-28)26-42-17-19-43(20-18-42)32-9-5-29(6-10-32)37(45)41-51(48,49)33-11-12-35(36(23-33)44(46)47)40-25-27-14-21-50-22-15-27/h3-12,23,27,40H,13-22,24-26H2,1-2H3,(H,41,45). The SMILES string of the molecule is CC1(C)CCC(CN2CCN(c3ccc(C(=O)NS(=O)(=O)c4ccc(NCC5CCOCC5)c([N+](=O)[O-])c4)cc3)CC2)=C(c2ccc(Cl)cc2)C1. The van der Waals surface area contributed by atoms with E-state index in [4.69, 9.17) is 16.3 Å². The number of nitro groups is 1. The van der Waals surface area contributed by atoms with Crippen molar-refractivity contribution in [3.8, 4) is 0 Å². The summed E-state index contributed by atoms with van der Waals surface area (Å²) in [6.45, 7) is 10.9. The van der Waals surface area contributed by atoms with E-state index in [2.05, 4.69) is 45.8 Å². The average Bonchev–Trinajstić information content (AvgIpc) is 3.12. The van der Waals surface area contributed by atoms with Gasteiger partial charge in [0.05, 0.1) is 9.82 Å². The summed E-state index contributed by atoms with van der Waals surface area (Å²) >= 11 is 6.18. The molecule has 0 saturated carbocycles. The molecule has 0 bridgehead atoms. The molecule has 272 valence electrons. The summed E-state index contributed by atoms with van der Waals surface area (Å²) in [6, 6.07) is 18.7. The maximum atomic E-state index is 13.1. The highest BCUT2D eigenvalue weighted by molar-refractivity contribution is 7.90. The van der Waals surface area contributed by atoms with Crippen molar-refractivity contribution in [2.75, 3.05) is 62.7 Å². The smallest absolute Gasteiger partial charge is 0.293 e. The summed E-state index contributed by atoms with van der Waals surface area (Å²) < 4.78 is 33.7. The number of nitrogens with one attached hydrogen (secondary N) is 2. The lowest BCUT2D eigenvalue weighted by Gasteiger charge is -2.39. The Morgan fingerprint density at radius 1 is 1.00 bits per heavy atom. The van der Waals surface area contributed by atoms with Gasteiger partial charge in [0.15, 0.2) is 0 Å². The van der Waals surface area contributed by atoms with E-state index in [9.17, 15) is 23.3 Å². The summed E-state index contributed by atoms with van der Waals surface area (Å²) in [6.07, 6.45) is 5.00. The van der Waals surface area contributed by atoms with Crippen LogP contribution in [0.4, 0.5) is 17.1 Å². The number of hydrogen-bond donors (Lipinski definition) is 2. The van der Waals surface area contributed by atoms with Crippen LogP contribution in [0.5, 0.6) is 0 Å². The lowest BCUT2D eigenvalue weighted by Crippen LogP contribution is -2.47. The Morgan fingerprint density at radius 2 is 1.69 bits per heavy atom. The minimum Gasteiger partial charge on any atom is -0.381 e. The molecule has 2 N–H and O–H groups in total. The quantitative estimate of drug-likeness (QED) is 0.158. The van der Waals surface area contributed by atoms with E-state index in [1.807, 2.05) is 24.3 Å². The molecule has 2 aliphatic heterocycles. The van der Waals surface area contributed by atoms with Gasteiger partial charge in [0, 0.05) is 74.8 Å². The summed E-state index contributed by atoms with van der Waals surface area (Å²) in [5.41, 5.74) is 5.44. The molecule has 3 aromatic rings. The number of rotatable bonds is 11. The van der Waals surface area contributed by atoms with Crippen LogP contribution in [0.25, 0.3) is 5.57 Å². The minimum atomic E-state index is -4.37. The molecule has 51 heavy (non-hydrogen) atoms. The van der Waals surface area contributed by atoms with Crippen LogP contribution in [0, 0.1) is 21.4 Å².